The number of phenolic OH excluding ortho intramolecular Hbond substituents is 1. The minimum atomic E-state index is -0.218. The molecule has 0 aliphatic heterocycles. The van der Waals surface area contributed by atoms with Crippen LogP contribution in [-0.4, -0.2) is 17.6 Å². The summed E-state index contributed by atoms with van der Waals surface area (Å²) in [4.78, 5) is 13.3. The van der Waals surface area contributed by atoms with Gasteiger partial charge in [-0.05, 0) is 29.6 Å². The molecule has 0 aliphatic carbocycles. The maximum atomic E-state index is 12.1. The zero-order chi connectivity index (χ0) is 14.8. The molecule has 0 saturated carbocycles. The van der Waals surface area contributed by atoms with E-state index in [1.165, 1.54) is 17.0 Å². The SMILES string of the molecule is CC(C)(CNC(=O)c1ccc(N)c(O)c1)c1cccs1. The van der Waals surface area contributed by atoms with Crippen molar-refractivity contribution in [2.75, 3.05) is 12.3 Å². The highest BCUT2D eigenvalue weighted by Gasteiger charge is 2.22. The number of nitrogens with two attached hydrogens (primary N) is 1. The molecule has 1 aromatic carbocycles. The van der Waals surface area contributed by atoms with Gasteiger partial charge in [-0.2, -0.15) is 0 Å². The van der Waals surface area contributed by atoms with Crippen molar-refractivity contribution in [2.45, 2.75) is 19.3 Å². The van der Waals surface area contributed by atoms with Gasteiger partial charge in [-0.25, -0.2) is 0 Å². The number of hydrogen-bond acceptors (Lipinski definition) is 4. The Balaban J connectivity index is 2.03. The summed E-state index contributed by atoms with van der Waals surface area (Å²) in [6, 6.07) is 8.56. The first-order valence-corrected chi connectivity index (χ1v) is 7.19. The molecule has 5 heteroatoms. The molecule has 0 unspecified atom stereocenters. The van der Waals surface area contributed by atoms with Crippen LogP contribution in [0.25, 0.3) is 0 Å². The molecule has 2 aromatic rings. The Morgan fingerprint density at radius 3 is 2.75 bits per heavy atom. The molecule has 2 rings (SSSR count). The first-order valence-electron chi connectivity index (χ1n) is 6.31. The van der Waals surface area contributed by atoms with E-state index in [-0.39, 0.29) is 22.8 Å². The summed E-state index contributed by atoms with van der Waals surface area (Å²) in [5, 5.41) is 14.4. The van der Waals surface area contributed by atoms with E-state index in [0.717, 1.165) is 0 Å². The van der Waals surface area contributed by atoms with Crippen molar-refractivity contribution in [2.24, 2.45) is 0 Å². The number of aromatic hydroxyl groups is 1. The number of hydrogen-bond donors (Lipinski definition) is 3. The van der Waals surface area contributed by atoms with Crippen LogP contribution in [0.1, 0.15) is 29.1 Å². The van der Waals surface area contributed by atoms with E-state index in [0.29, 0.717) is 12.1 Å². The molecular formula is C15H18N2O2S. The molecule has 1 aromatic heterocycles. The number of anilines is 1. The number of phenols is 1. The highest BCUT2D eigenvalue weighted by molar-refractivity contribution is 7.10. The molecule has 0 fully saturated rings. The fraction of sp³-hybridized carbons (Fsp3) is 0.267. The van der Waals surface area contributed by atoms with Crippen LogP contribution in [-0.2, 0) is 5.41 Å². The number of rotatable bonds is 4. The number of carbonyl (C=O) groups excluding carboxylic acids is 1. The Labute approximate surface area is 122 Å². The lowest BCUT2D eigenvalue weighted by molar-refractivity contribution is 0.0945. The predicted octanol–water partition coefficient (Wildman–Crippen LogP) is 2.74. The fourth-order valence-electron chi connectivity index (χ4n) is 1.84. The van der Waals surface area contributed by atoms with Crippen molar-refractivity contribution in [3.05, 3.63) is 46.2 Å². The number of carbonyl (C=O) groups is 1. The van der Waals surface area contributed by atoms with Crippen LogP contribution in [0.2, 0.25) is 0 Å². The van der Waals surface area contributed by atoms with Crippen LogP contribution < -0.4 is 11.1 Å². The van der Waals surface area contributed by atoms with E-state index >= 15 is 0 Å². The van der Waals surface area contributed by atoms with Gasteiger partial charge in [0.25, 0.3) is 5.91 Å². The second kappa shape index (κ2) is 5.54. The molecule has 4 N–H and O–H groups in total. The molecule has 106 valence electrons. The second-order valence-corrected chi connectivity index (χ2v) is 6.27. The van der Waals surface area contributed by atoms with Crippen molar-refractivity contribution in [1.82, 2.24) is 5.32 Å². The summed E-state index contributed by atoms with van der Waals surface area (Å²) in [5.41, 5.74) is 6.06. The van der Waals surface area contributed by atoms with E-state index < -0.39 is 0 Å². The summed E-state index contributed by atoms with van der Waals surface area (Å²) < 4.78 is 0. The third-order valence-electron chi connectivity index (χ3n) is 3.17. The quantitative estimate of drug-likeness (QED) is 0.598. The van der Waals surface area contributed by atoms with Crippen LogP contribution >= 0.6 is 11.3 Å². The number of nitrogen functional groups attached to an aromatic ring is 1. The molecule has 0 saturated heterocycles. The van der Waals surface area contributed by atoms with Crippen molar-refractivity contribution >= 4 is 22.9 Å². The molecule has 0 radical (unpaired) electrons. The van der Waals surface area contributed by atoms with Gasteiger partial charge >= 0.3 is 0 Å². The van der Waals surface area contributed by atoms with Crippen LogP contribution in [0.5, 0.6) is 5.75 Å². The van der Waals surface area contributed by atoms with Gasteiger partial charge in [0.2, 0.25) is 0 Å². The largest absolute Gasteiger partial charge is 0.506 e. The zero-order valence-corrected chi connectivity index (χ0v) is 12.3. The molecule has 1 amide bonds. The summed E-state index contributed by atoms with van der Waals surface area (Å²) in [7, 11) is 0. The molecule has 1 heterocycles. The van der Waals surface area contributed by atoms with Crippen LogP contribution in [0, 0.1) is 0 Å². The van der Waals surface area contributed by atoms with Crippen LogP contribution in [0.15, 0.2) is 35.7 Å². The first-order chi connectivity index (χ1) is 9.40. The number of thiophene rings is 1. The predicted molar refractivity (Wildman–Crippen MR) is 82.2 cm³/mol. The van der Waals surface area contributed by atoms with Gasteiger partial charge in [-0.3, -0.25) is 4.79 Å². The average molecular weight is 290 g/mol. The number of benzene rings is 1. The Morgan fingerprint density at radius 2 is 2.15 bits per heavy atom. The summed E-state index contributed by atoms with van der Waals surface area (Å²) >= 11 is 1.67. The molecule has 0 atom stereocenters. The summed E-state index contributed by atoms with van der Waals surface area (Å²) in [5.74, 6) is -0.292. The van der Waals surface area contributed by atoms with Gasteiger partial charge in [0, 0.05) is 22.4 Å². The molecular weight excluding hydrogens is 272 g/mol. The average Bonchev–Trinajstić information content (AvgIpc) is 2.94. The number of nitrogens with one attached hydrogen (secondary N) is 1. The number of amides is 1. The van der Waals surface area contributed by atoms with Crippen molar-refractivity contribution < 1.29 is 9.90 Å². The third-order valence-corrected chi connectivity index (χ3v) is 4.41. The van der Waals surface area contributed by atoms with E-state index in [1.807, 2.05) is 11.4 Å². The van der Waals surface area contributed by atoms with Gasteiger partial charge in [0.15, 0.2) is 0 Å². The maximum absolute atomic E-state index is 12.1. The van der Waals surface area contributed by atoms with Crippen molar-refractivity contribution in [1.29, 1.82) is 0 Å². The van der Waals surface area contributed by atoms with Gasteiger partial charge in [0.05, 0.1) is 5.69 Å². The minimum Gasteiger partial charge on any atom is -0.506 e. The van der Waals surface area contributed by atoms with E-state index in [1.54, 1.807) is 17.4 Å². The maximum Gasteiger partial charge on any atom is 0.251 e. The highest BCUT2D eigenvalue weighted by atomic mass is 32.1. The Kier molecular flexibility index (Phi) is 3.99. The van der Waals surface area contributed by atoms with Gasteiger partial charge in [-0.15, -0.1) is 11.3 Å². The van der Waals surface area contributed by atoms with E-state index in [2.05, 4.69) is 25.2 Å². The van der Waals surface area contributed by atoms with E-state index in [9.17, 15) is 9.90 Å². The summed E-state index contributed by atoms with van der Waals surface area (Å²) in [6.45, 7) is 4.69. The molecule has 4 nitrogen and oxygen atoms in total. The van der Waals surface area contributed by atoms with Gasteiger partial charge in [0.1, 0.15) is 5.75 Å². The molecule has 20 heavy (non-hydrogen) atoms. The smallest absolute Gasteiger partial charge is 0.251 e. The Bertz CT molecular complexity index is 606. The molecule has 0 bridgehead atoms. The van der Waals surface area contributed by atoms with Gasteiger partial charge < -0.3 is 16.2 Å². The van der Waals surface area contributed by atoms with Crippen molar-refractivity contribution in [3.63, 3.8) is 0 Å². The highest BCUT2D eigenvalue weighted by Crippen LogP contribution is 2.27. The van der Waals surface area contributed by atoms with E-state index in [4.69, 9.17) is 5.73 Å². The summed E-state index contributed by atoms with van der Waals surface area (Å²) in [6.07, 6.45) is 0. The fourth-order valence-corrected chi connectivity index (χ4v) is 2.69. The van der Waals surface area contributed by atoms with Crippen LogP contribution in [0.4, 0.5) is 5.69 Å². The van der Waals surface area contributed by atoms with Crippen LogP contribution in [0.3, 0.4) is 0 Å². The third kappa shape index (κ3) is 3.11. The standard InChI is InChI=1S/C15H18N2O2S/c1-15(2,13-4-3-7-20-13)9-17-14(19)10-5-6-11(16)12(18)8-10/h3-8,18H,9,16H2,1-2H3,(H,17,19). The lowest BCUT2D eigenvalue weighted by Crippen LogP contribution is -2.36. The first kappa shape index (κ1) is 14.4. The zero-order valence-electron chi connectivity index (χ0n) is 11.5. The Hall–Kier alpha value is -2.01. The normalized spacial score (nSPS) is 11.3. The molecule has 0 spiro atoms. The second-order valence-electron chi connectivity index (χ2n) is 5.32. The topological polar surface area (TPSA) is 75.4 Å². The Morgan fingerprint density at radius 1 is 1.40 bits per heavy atom. The monoisotopic (exact) mass is 290 g/mol. The lowest BCUT2D eigenvalue weighted by atomic mass is 9.91. The van der Waals surface area contributed by atoms with Gasteiger partial charge in [-0.1, -0.05) is 19.9 Å². The van der Waals surface area contributed by atoms with Crippen molar-refractivity contribution in [3.8, 4) is 5.75 Å². The molecule has 0 aliphatic rings. The minimum absolute atomic E-state index is 0.0739. The lowest BCUT2D eigenvalue weighted by Gasteiger charge is -2.23.